The van der Waals surface area contributed by atoms with E-state index in [-0.39, 0.29) is 0 Å². The summed E-state index contributed by atoms with van der Waals surface area (Å²) >= 11 is 4.63. The van der Waals surface area contributed by atoms with Gasteiger partial charge in [0.2, 0.25) is 5.78 Å². The van der Waals surface area contributed by atoms with Gasteiger partial charge in [0.05, 0.1) is 0 Å². The minimum atomic E-state index is -1.53. The summed E-state index contributed by atoms with van der Waals surface area (Å²) in [5.74, 6) is -1.08. The van der Waals surface area contributed by atoms with Gasteiger partial charge in [-0.1, -0.05) is 0 Å². The summed E-state index contributed by atoms with van der Waals surface area (Å²) in [7, 11) is 0. The van der Waals surface area contributed by atoms with Gasteiger partial charge in [-0.05, 0) is 18.5 Å². The maximum absolute atomic E-state index is 10.0. The van der Waals surface area contributed by atoms with Gasteiger partial charge in [0, 0.05) is 0 Å². The van der Waals surface area contributed by atoms with Crippen LogP contribution in [0, 0.1) is 6.92 Å². The molecule has 0 heterocycles. The van der Waals surface area contributed by atoms with E-state index in [1.54, 1.807) is 0 Å². The molecule has 3 nitrogen and oxygen atoms in total. The molecular weight excluding hydrogens is 131 g/mol. The zero-order chi connectivity index (χ0) is 6.73. The van der Waals surface area contributed by atoms with Gasteiger partial charge in [0.15, 0.2) is 0 Å². The van der Waals surface area contributed by atoms with Gasteiger partial charge in [0.25, 0.3) is 5.24 Å². The highest BCUT2D eigenvalue weighted by Gasteiger charge is 2.15. The number of ketones is 1. The van der Waals surface area contributed by atoms with E-state index in [0.717, 1.165) is 0 Å². The number of aliphatic hydroxyl groups excluding tert-OH is 1. The Kier molecular flexibility index (Phi) is 2.65. The lowest BCUT2D eigenvalue weighted by Crippen LogP contribution is -2.21. The number of halogens is 1. The Morgan fingerprint density at radius 2 is 2.00 bits per heavy atom. The second kappa shape index (κ2) is 2.79. The second-order valence-electron chi connectivity index (χ2n) is 1.15. The van der Waals surface area contributed by atoms with Crippen molar-refractivity contribution in [2.45, 2.75) is 6.10 Å². The van der Waals surface area contributed by atoms with Crippen LogP contribution in [-0.4, -0.2) is 22.2 Å². The highest BCUT2D eigenvalue weighted by molar-refractivity contribution is 6.81. The Bertz CT molecular complexity index is 118. The van der Waals surface area contributed by atoms with Gasteiger partial charge in [-0.2, -0.15) is 0 Å². The summed E-state index contributed by atoms with van der Waals surface area (Å²) in [5, 5.41) is 7.04. The largest absolute Gasteiger partial charge is 0.385 e. The molecule has 1 atom stereocenters. The topological polar surface area (TPSA) is 54.4 Å². The fourth-order valence-electron chi connectivity index (χ4n) is 0.131. The third-order valence-corrected chi connectivity index (χ3v) is 0.683. The number of aliphatic hydroxyl groups is 1. The van der Waals surface area contributed by atoms with Crippen molar-refractivity contribution in [1.29, 1.82) is 0 Å². The third-order valence-electron chi connectivity index (χ3n) is 0.496. The van der Waals surface area contributed by atoms with Crippen LogP contribution in [0.3, 0.4) is 0 Å². The Morgan fingerprint density at radius 1 is 1.62 bits per heavy atom. The Hall–Kier alpha value is -0.410. The molecule has 0 aromatic carbocycles. The molecule has 1 radical (unpaired) electrons. The summed E-state index contributed by atoms with van der Waals surface area (Å²) in [6.45, 7) is 2.86. The van der Waals surface area contributed by atoms with Crippen molar-refractivity contribution in [3.8, 4) is 0 Å². The fourth-order valence-corrected chi connectivity index (χ4v) is 0.257. The molecule has 0 amide bonds. The number of carbonyl (C=O) groups excluding carboxylic acids is 2. The van der Waals surface area contributed by atoms with E-state index < -0.39 is 17.1 Å². The average molecular weight is 136 g/mol. The van der Waals surface area contributed by atoms with Crippen LogP contribution in [-0.2, 0) is 9.59 Å². The molecule has 0 fully saturated rings. The molecule has 0 aliphatic heterocycles. The zero-order valence-corrected chi connectivity index (χ0v) is 4.68. The quantitative estimate of drug-likeness (QED) is 0.411. The van der Waals surface area contributed by atoms with Gasteiger partial charge in [-0.15, -0.1) is 0 Å². The number of Topliss-reactive ketones (excluding diaryl/α,β-unsaturated/α-hetero) is 1. The SMILES string of the molecule is [CH2]C(O)C(=O)C(=O)Cl. The first-order chi connectivity index (χ1) is 3.55. The summed E-state index contributed by atoms with van der Waals surface area (Å²) in [6.07, 6.45) is -1.53. The van der Waals surface area contributed by atoms with Crippen molar-refractivity contribution in [1.82, 2.24) is 0 Å². The summed E-state index contributed by atoms with van der Waals surface area (Å²) in [5.41, 5.74) is 0. The molecule has 0 spiro atoms. The van der Waals surface area contributed by atoms with Crippen molar-refractivity contribution < 1.29 is 14.7 Å². The van der Waals surface area contributed by atoms with Crippen LogP contribution < -0.4 is 0 Å². The zero-order valence-electron chi connectivity index (χ0n) is 3.93. The first-order valence-corrected chi connectivity index (χ1v) is 2.18. The van der Waals surface area contributed by atoms with E-state index >= 15 is 0 Å². The van der Waals surface area contributed by atoms with Crippen molar-refractivity contribution >= 4 is 22.6 Å². The standard InChI is InChI=1S/C4H4ClO3/c1-2(6)3(7)4(5)8/h2,6H,1H2. The molecule has 0 saturated carbocycles. The fraction of sp³-hybridized carbons (Fsp3) is 0.250. The van der Waals surface area contributed by atoms with Gasteiger partial charge in [0.1, 0.15) is 6.10 Å². The van der Waals surface area contributed by atoms with Crippen LogP contribution in [0.5, 0.6) is 0 Å². The molecule has 8 heavy (non-hydrogen) atoms. The molecule has 4 heteroatoms. The van der Waals surface area contributed by atoms with Crippen LogP contribution in [0.15, 0.2) is 0 Å². The summed E-state index contributed by atoms with van der Waals surface area (Å²) < 4.78 is 0. The van der Waals surface area contributed by atoms with Crippen LogP contribution in [0.25, 0.3) is 0 Å². The van der Waals surface area contributed by atoms with E-state index in [4.69, 9.17) is 5.11 Å². The Morgan fingerprint density at radius 3 is 2.00 bits per heavy atom. The molecular formula is C4H4ClO3. The molecule has 1 unspecified atom stereocenters. The van der Waals surface area contributed by atoms with E-state index in [9.17, 15) is 9.59 Å². The number of carbonyl (C=O) groups is 2. The normalized spacial score (nSPS) is 12.9. The van der Waals surface area contributed by atoms with E-state index in [2.05, 4.69) is 18.5 Å². The predicted molar refractivity (Wildman–Crippen MR) is 27.2 cm³/mol. The van der Waals surface area contributed by atoms with Gasteiger partial charge in [-0.25, -0.2) is 0 Å². The van der Waals surface area contributed by atoms with Crippen LogP contribution in [0.1, 0.15) is 0 Å². The lowest BCUT2D eigenvalue weighted by molar-refractivity contribution is -0.136. The van der Waals surface area contributed by atoms with Crippen LogP contribution >= 0.6 is 11.6 Å². The summed E-state index contributed by atoms with van der Waals surface area (Å²) in [4.78, 5) is 19.8. The molecule has 0 bridgehead atoms. The number of rotatable bonds is 2. The number of hydrogen-bond donors (Lipinski definition) is 1. The molecule has 0 rings (SSSR count). The van der Waals surface area contributed by atoms with Crippen molar-refractivity contribution in [3.05, 3.63) is 6.92 Å². The van der Waals surface area contributed by atoms with Gasteiger partial charge in [-0.3, -0.25) is 9.59 Å². The summed E-state index contributed by atoms with van der Waals surface area (Å²) in [6, 6.07) is 0. The first kappa shape index (κ1) is 7.59. The molecule has 1 N–H and O–H groups in total. The minimum Gasteiger partial charge on any atom is -0.385 e. The van der Waals surface area contributed by atoms with Crippen molar-refractivity contribution in [3.63, 3.8) is 0 Å². The lowest BCUT2D eigenvalue weighted by atomic mass is 10.3. The molecule has 45 valence electrons. The maximum Gasteiger partial charge on any atom is 0.290 e. The number of hydrogen-bond acceptors (Lipinski definition) is 3. The Balaban J connectivity index is 3.84. The molecule has 0 aliphatic rings. The highest BCUT2D eigenvalue weighted by Crippen LogP contribution is 1.87. The Labute approximate surface area is 51.3 Å². The van der Waals surface area contributed by atoms with Crippen molar-refractivity contribution in [2.24, 2.45) is 0 Å². The van der Waals surface area contributed by atoms with Gasteiger partial charge < -0.3 is 5.11 Å². The highest BCUT2D eigenvalue weighted by atomic mass is 35.5. The van der Waals surface area contributed by atoms with E-state index in [1.807, 2.05) is 0 Å². The molecule has 0 aromatic rings. The van der Waals surface area contributed by atoms with Crippen molar-refractivity contribution in [2.75, 3.05) is 0 Å². The first-order valence-electron chi connectivity index (χ1n) is 1.80. The monoisotopic (exact) mass is 135 g/mol. The third kappa shape index (κ3) is 2.04. The van der Waals surface area contributed by atoms with E-state index in [0.29, 0.717) is 0 Å². The molecule has 0 saturated heterocycles. The van der Waals surface area contributed by atoms with E-state index in [1.165, 1.54) is 0 Å². The smallest absolute Gasteiger partial charge is 0.290 e. The molecule has 0 aromatic heterocycles. The predicted octanol–water partition coefficient (Wildman–Crippen LogP) is -0.484. The lowest BCUT2D eigenvalue weighted by Gasteiger charge is -1.93. The maximum atomic E-state index is 10.0. The van der Waals surface area contributed by atoms with Gasteiger partial charge >= 0.3 is 0 Å². The van der Waals surface area contributed by atoms with Crippen LogP contribution in [0.4, 0.5) is 0 Å². The second-order valence-corrected chi connectivity index (χ2v) is 1.50. The molecule has 0 aliphatic carbocycles. The minimum absolute atomic E-state index is 1.08. The van der Waals surface area contributed by atoms with Crippen LogP contribution in [0.2, 0.25) is 0 Å². The average Bonchev–Trinajstić information content (AvgIpc) is 1.64.